The van der Waals surface area contributed by atoms with Crippen molar-refractivity contribution in [2.24, 2.45) is 0 Å². The van der Waals surface area contributed by atoms with Crippen LogP contribution in [0.25, 0.3) is 0 Å². The van der Waals surface area contributed by atoms with Gasteiger partial charge in [-0.3, -0.25) is 9.59 Å². The van der Waals surface area contributed by atoms with Crippen molar-refractivity contribution in [1.29, 1.82) is 0 Å². The maximum absolute atomic E-state index is 12.4. The van der Waals surface area contributed by atoms with Crippen molar-refractivity contribution >= 4 is 28.9 Å². The van der Waals surface area contributed by atoms with Crippen LogP contribution in [0.15, 0.2) is 72.8 Å². The van der Waals surface area contributed by atoms with Crippen LogP contribution in [0, 0.1) is 6.92 Å². The summed E-state index contributed by atoms with van der Waals surface area (Å²) < 4.78 is 5.39. The number of anilines is 3. The lowest BCUT2D eigenvalue weighted by Gasteiger charge is -2.10. The molecule has 3 aromatic rings. The summed E-state index contributed by atoms with van der Waals surface area (Å²) in [5.74, 6) is 0.419. The van der Waals surface area contributed by atoms with E-state index in [-0.39, 0.29) is 18.4 Å². The molecule has 0 saturated heterocycles. The molecular weight excluding hydrogens is 378 g/mol. The molecule has 0 aliphatic carbocycles. The molecule has 0 unspecified atom stereocenters. The summed E-state index contributed by atoms with van der Waals surface area (Å²) in [5.41, 5.74) is 3.78. The van der Waals surface area contributed by atoms with Crippen molar-refractivity contribution in [1.82, 2.24) is 0 Å². The van der Waals surface area contributed by atoms with E-state index in [0.29, 0.717) is 17.9 Å². The first-order valence-electron chi connectivity index (χ1n) is 9.79. The third-order valence-corrected chi connectivity index (χ3v) is 4.44. The number of carbonyl (C=O) groups is 2. The molecular formula is C24H25N3O3. The van der Waals surface area contributed by atoms with E-state index in [4.69, 9.17) is 4.74 Å². The minimum atomic E-state index is -0.206. The van der Waals surface area contributed by atoms with Crippen LogP contribution >= 0.6 is 0 Å². The smallest absolute Gasteiger partial charge is 0.255 e. The van der Waals surface area contributed by atoms with Crippen molar-refractivity contribution < 1.29 is 14.3 Å². The normalized spacial score (nSPS) is 10.2. The summed E-state index contributed by atoms with van der Waals surface area (Å²) in [5, 5.41) is 8.79. The molecule has 154 valence electrons. The van der Waals surface area contributed by atoms with E-state index in [0.717, 1.165) is 22.7 Å². The van der Waals surface area contributed by atoms with Gasteiger partial charge < -0.3 is 20.7 Å². The number of aryl methyl sites for hydroxylation is 1. The molecule has 0 bridgehead atoms. The van der Waals surface area contributed by atoms with Gasteiger partial charge in [-0.25, -0.2) is 0 Å². The van der Waals surface area contributed by atoms with E-state index in [1.54, 1.807) is 36.4 Å². The molecule has 0 radical (unpaired) electrons. The first-order chi connectivity index (χ1) is 14.5. The second-order valence-corrected chi connectivity index (χ2v) is 6.71. The van der Waals surface area contributed by atoms with Gasteiger partial charge >= 0.3 is 0 Å². The van der Waals surface area contributed by atoms with E-state index >= 15 is 0 Å². The van der Waals surface area contributed by atoms with E-state index in [2.05, 4.69) is 16.0 Å². The molecule has 6 heteroatoms. The van der Waals surface area contributed by atoms with Gasteiger partial charge in [0.05, 0.1) is 13.2 Å². The van der Waals surface area contributed by atoms with E-state index in [1.165, 1.54) is 0 Å². The third-order valence-electron chi connectivity index (χ3n) is 4.44. The fourth-order valence-electron chi connectivity index (χ4n) is 2.83. The van der Waals surface area contributed by atoms with E-state index in [1.807, 2.05) is 50.2 Å². The van der Waals surface area contributed by atoms with Crippen molar-refractivity contribution in [3.63, 3.8) is 0 Å². The van der Waals surface area contributed by atoms with Gasteiger partial charge in [-0.1, -0.05) is 18.2 Å². The highest BCUT2D eigenvalue weighted by atomic mass is 16.5. The first kappa shape index (κ1) is 20.9. The molecule has 0 fully saturated rings. The van der Waals surface area contributed by atoms with Gasteiger partial charge in [-0.15, -0.1) is 0 Å². The van der Waals surface area contributed by atoms with Gasteiger partial charge in [-0.05, 0) is 74.0 Å². The molecule has 2 amide bonds. The Hall–Kier alpha value is -3.80. The van der Waals surface area contributed by atoms with Crippen LogP contribution in [0.1, 0.15) is 22.8 Å². The van der Waals surface area contributed by atoms with Gasteiger partial charge in [0.1, 0.15) is 5.75 Å². The second-order valence-electron chi connectivity index (χ2n) is 6.71. The fraction of sp³-hybridized carbons (Fsp3) is 0.167. The second kappa shape index (κ2) is 10.1. The number of para-hydroxylation sites is 1. The number of ether oxygens (including phenoxy) is 1. The van der Waals surface area contributed by atoms with Crippen LogP contribution in [-0.2, 0) is 4.79 Å². The van der Waals surface area contributed by atoms with E-state index in [9.17, 15) is 9.59 Å². The van der Waals surface area contributed by atoms with Crippen molar-refractivity contribution in [2.75, 3.05) is 29.1 Å². The Morgan fingerprint density at radius 1 is 0.833 bits per heavy atom. The molecule has 0 spiro atoms. The van der Waals surface area contributed by atoms with Crippen LogP contribution in [0.2, 0.25) is 0 Å². The molecule has 6 nitrogen and oxygen atoms in total. The minimum Gasteiger partial charge on any atom is -0.494 e. The van der Waals surface area contributed by atoms with E-state index < -0.39 is 0 Å². The largest absolute Gasteiger partial charge is 0.494 e. The maximum Gasteiger partial charge on any atom is 0.255 e. The summed E-state index contributed by atoms with van der Waals surface area (Å²) in [7, 11) is 0. The molecule has 0 aromatic heterocycles. The van der Waals surface area contributed by atoms with Crippen LogP contribution < -0.4 is 20.7 Å². The Morgan fingerprint density at radius 3 is 2.17 bits per heavy atom. The Morgan fingerprint density at radius 2 is 1.50 bits per heavy atom. The maximum atomic E-state index is 12.4. The Bertz CT molecular complexity index is 999. The van der Waals surface area contributed by atoms with Crippen LogP contribution in [0.3, 0.4) is 0 Å². The average molecular weight is 403 g/mol. The minimum absolute atomic E-state index is 0.131. The first-order valence-corrected chi connectivity index (χ1v) is 9.79. The molecule has 0 aliphatic rings. The predicted octanol–water partition coefficient (Wildman–Crippen LogP) is 4.70. The zero-order chi connectivity index (χ0) is 21.3. The Kier molecular flexibility index (Phi) is 7.05. The predicted molar refractivity (Wildman–Crippen MR) is 120 cm³/mol. The lowest BCUT2D eigenvalue weighted by molar-refractivity contribution is -0.114. The number of rotatable bonds is 8. The van der Waals surface area contributed by atoms with Gasteiger partial charge in [0.15, 0.2) is 0 Å². The van der Waals surface area contributed by atoms with Crippen LogP contribution in [0.5, 0.6) is 5.75 Å². The highest BCUT2D eigenvalue weighted by Crippen LogP contribution is 2.17. The van der Waals surface area contributed by atoms with Crippen molar-refractivity contribution in [3.05, 3.63) is 83.9 Å². The quantitative estimate of drug-likeness (QED) is 0.509. The number of nitrogens with one attached hydrogen (secondary N) is 3. The van der Waals surface area contributed by atoms with Crippen molar-refractivity contribution in [2.45, 2.75) is 13.8 Å². The topological polar surface area (TPSA) is 79.5 Å². The van der Waals surface area contributed by atoms with Crippen LogP contribution in [-0.4, -0.2) is 25.0 Å². The number of amides is 2. The highest BCUT2D eigenvalue weighted by Gasteiger charge is 2.08. The molecule has 30 heavy (non-hydrogen) atoms. The summed E-state index contributed by atoms with van der Waals surface area (Å²) in [4.78, 5) is 24.5. The third kappa shape index (κ3) is 5.85. The van der Waals surface area contributed by atoms with Crippen LogP contribution in [0.4, 0.5) is 17.1 Å². The molecule has 3 rings (SSSR count). The Labute approximate surface area is 176 Å². The standard InChI is InChI=1S/C24H25N3O3/c1-3-30-21-14-12-20(13-15-21)26-24(29)18-8-10-19(11-9-18)25-16-23(28)27-22-7-5-4-6-17(22)2/h4-15,25H,3,16H2,1-2H3,(H,26,29)(H,27,28). The van der Waals surface area contributed by atoms with Gasteiger partial charge in [0.25, 0.3) is 5.91 Å². The van der Waals surface area contributed by atoms with Gasteiger partial charge in [0, 0.05) is 22.6 Å². The molecule has 3 aromatic carbocycles. The molecule has 0 atom stereocenters. The molecule has 0 heterocycles. The number of hydrogen-bond acceptors (Lipinski definition) is 4. The number of carbonyl (C=O) groups excluding carboxylic acids is 2. The average Bonchev–Trinajstić information content (AvgIpc) is 2.76. The summed E-state index contributed by atoms with van der Waals surface area (Å²) in [6.45, 7) is 4.59. The molecule has 0 aliphatic heterocycles. The fourth-order valence-corrected chi connectivity index (χ4v) is 2.83. The number of hydrogen-bond donors (Lipinski definition) is 3. The Balaban J connectivity index is 1.51. The highest BCUT2D eigenvalue weighted by molar-refractivity contribution is 6.04. The monoisotopic (exact) mass is 403 g/mol. The molecule has 3 N–H and O–H groups in total. The summed E-state index contributed by atoms with van der Waals surface area (Å²) >= 11 is 0. The van der Waals surface area contributed by atoms with Gasteiger partial charge in [-0.2, -0.15) is 0 Å². The lowest BCUT2D eigenvalue weighted by atomic mass is 10.2. The SMILES string of the molecule is CCOc1ccc(NC(=O)c2ccc(NCC(=O)Nc3ccccc3C)cc2)cc1. The zero-order valence-corrected chi connectivity index (χ0v) is 17.1. The summed E-state index contributed by atoms with van der Waals surface area (Å²) in [6, 6.07) is 21.8. The zero-order valence-electron chi connectivity index (χ0n) is 17.1. The summed E-state index contributed by atoms with van der Waals surface area (Å²) in [6.07, 6.45) is 0. The number of benzene rings is 3. The molecule has 0 saturated carbocycles. The lowest BCUT2D eigenvalue weighted by Crippen LogP contribution is -2.22. The van der Waals surface area contributed by atoms with Crippen molar-refractivity contribution in [3.8, 4) is 5.75 Å². The van der Waals surface area contributed by atoms with Gasteiger partial charge in [0.2, 0.25) is 5.91 Å².